The average molecular weight is 266 g/mol. The molecule has 19 heavy (non-hydrogen) atoms. The molecular formula is C14H18O5. The van der Waals surface area contributed by atoms with Gasteiger partial charge in [0.05, 0.1) is 14.2 Å². The first-order valence-corrected chi connectivity index (χ1v) is 6.22. The highest BCUT2D eigenvalue weighted by Gasteiger charge is 2.42. The number of carbonyl (C=O) groups is 1. The largest absolute Gasteiger partial charge is 0.496 e. The molecule has 1 aliphatic rings. The lowest BCUT2D eigenvalue weighted by Gasteiger charge is -2.34. The van der Waals surface area contributed by atoms with Crippen molar-refractivity contribution >= 4 is 5.78 Å². The summed E-state index contributed by atoms with van der Waals surface area (Å²) in [5.74, 6) is 1.99. The molecule has 1 aliphatic carbocycles. The van der Waals surface area contributed by atoms with Crippen molar-refractivity contribution in [1.29, 1.82) is 0 Å². The number of Topliss-reactive ketones (excluding diaryl/α,β-unsaturated/α-hetero) is 1. The first kappa shape index (κ1) is 13.7. The summed E-state index contributed by atoms with van der Waals surface area (Å²) in [6, 6.07) is 5.28. The molecule has 1 aromatic carbocycles. The lowest BCUT2D eigenvalue weighted by atomic mass is 9.90. The Morgan fingerprint density at radius 3 is 2.16 bits per heavy atom. The summed E-state index contributed by atoms with van der Waals surface area (Å²) in [6.07, 6.45) is -0.309. The maximum atomic E-state index is 11.4. The molecule has 5 heteroatoms. The fourth-order valence-electron chi connectivity index (χ4n) is 1.98. The van der Waals surface area contributed by atoms with Gasteiger partial charge in [0.1, 0.15) is 23.4 Å². The third-order valence-corrected chi connectivity index (χ3v) is 3.02. The molecule has 0 heterocycles. The molecule has 2 atom stereocenters. The Bertz CT molecular complexity index is 435. The van der Waals surface area contributed by atoms with Crippen LogP contribution in [0.4, 0.5) is 0 Å². The maximum absolute atomic E-state index is 11.4. The van der Waals surface area contributed by atoms with Gasteiger partial charge in [-0.15, -0.1) is 0 Å². The van der Waals surface area contributed by atoms with Crippen molar-refractivity contribution in [3.8, 4) is 17.2 Å². The molecule has 5 nitrogen and oxygen atoms in total. The Morgan fingerprint density at radius 2 is 1.68 bits per heavy atom. The van der Waals surface area contributed by atoms with E-state index in [1.165, 1.54) is 0 Å². The Hall–Kier alpha value is -1.75. The molecule has 0 N–H and O–H groups in total. The van der Waals surface area contributed by atoms with E-state index in [-0.39, 0.29) is 11.9 Å². The van der Waals surface area contributed by atoms with Crippen LogP contribution in [0.3, 0.4) is 0 Å². The third kappa shape index (κ3) is 2.98. The monoisotopic (exact) mass is 266 g/mol. The Labute approximate surface area is 112 Å². The first-order valence-electron chi connectivity index (χ1n) is 6.22. The van der Waals surface area contributed by atoms with Gasteiger partial charge >= 0.3 is 0 Å². The fraction of sp³-hybridized carbons (Fsp3) is 0.500. The smallest absolute Gasteiger partial charge is 0.169 e. The van der Waals surface area contributed by atoms with Gasteiger partial charge in [0.2, 0.25) is 0 Å². The molecule has 0 amide bonds. The zero-order valence-corrected chi connectivity index (χ0v) is 11.3. The van der Waals surface area contributed by atoms with E-state index >= 15 is 0 Å². The highest BCUT2D eigenvalue weighted by atomic mass is 16.6. The van der Waals surface area contributed by atoms with Crippen LogP contribution in [-0.4, -0.2) is 38.8 Å². The van der Waals surface area contributed by atoms with Crippen LogP contribution >= 0.6 is 0 Å². The summed E-state index contributed by atoms with van der Waals surface area (Å²) < 4.78 is 21.5. The minimum Gasteiger partial charge on any atom is -0.496 e. The van der Waals surface area contributed by atoms with Crippen molar-refractivity contribution in [3.63, 3.8) is 0 Å². The number of ether oxygens (including phenoxy) is 4. The summed E-state index contributed by atoms with van der Waals surface area (Å²) in [7, 11) is 3.16. The summed E-state index contributed by atoms with van der Waals surface area (Å²) in [5, 5.41) is 0. The number of hydrogen-bond donors (Lipinski definition) is 0. The quantitative estimate of drug-likeness (QED) is 0.786. The van der Waals surface area contributed by atoms with Gasteiger partial charge in [0.25, 0.3) is 0 Å². The molecule has 2 unspecified atom stereocenters. The number of rotatable bonds is 6. The molecule has 2 rings (SSSR count). The predicted octanol–water partition coefficient (Wildman–Crippen LogP) is 1.83. The average Bonchev–Trinajstić information content (AvgIpc) is 2.43. The second-order valence-corrected chi connectivity index (χ2v) is 4.25. The molecule has 0 spiro atoms. The van der Waals surface area contributed by atoms with Gasteiger partial charge in [-0.3, -0.25) is 4.79 Å². The zero-order chi connectivity index (χ0) is 13.8. The van der Waals surface area contributed by atoms with E-state index in [0.29, 0.717) is 30.3 Å². The van der Waals surface area contributed by atoms with E-state index in [2.05, 4.69) is 0 Å². The Balaban J connectivity index is 2.08. The summed E-state index contributed by atoms with van der Waals surface area (Å²) in [6.45, 7) is 2.36. The van der Waals surface area contributed by atoms with Crippen LogP contribution in [0, 0.1) is 0 Å². The van der Waals surface area contributed by atoms with Gasteiger partial charge in [-0.2, -0.15) is 0 Å². The standard InChI is InChI=1S/C14H18O5/c1-4-18-14-12(15)8-13(14)19-11-6-9(16-2)5-10(7-11)17-3/h5-7,13-14H,4,8H2,1-3H3. The van der Waals surface area contributed by atoms with Crippen molar-refractivity contribution in [2.24, 2.45) is 0 Å². The minimum absolute atomic E-state index is 0.0849. The van der Waals surface area contributed by atoms with Gasteiger partial charge in [0.15, 0.2) is 11.9 Å². The van der Waals surface area contributed by atoms with E-state index in [1.807, 2.05) is 6.92 Å². The summed E-state index contributed by atoms with van der Waals surface area (Å²) in [5.41, 5.74) is 0. The lowest BCUT2D eigenvalue weighted by molar-refractivity contribution is -0.154. The molecule has 1 saturated carbocycles. The molecule has 0 aliphatic heterocycles. The second-order valence-electron chi connectivity index (χ2n) is 4.25. The normalized spacial score (nSPS) is 21.7. The Morgan fingerprint density at radius 1 is 1.11 bits per heavy atom. The molecule has 1 aromatic rings. The number of benzene rings is 1. The number of carbonyl (C=O) groups excluding carboxylic acids is 1. The third-order valence-electron chi connectivity index (χ3n) is 3.02. The van der Waals surface area contributed by atoms with Crippen molar-refractivity contribution < 1.29 is 23.7 Å². The first-order chi connectivity index (χ1) is 9.17. The van der Waals surface area contributed by atoms with Crippen LogP contribution in [0.25, 0.3) is 0 Å². The van der Waals surface area contributed by atoms with Crippen LogP contribution < -0.4 is 14.2 Å². The zero-order valence-electron chi connectivity index (χ0n) is 11.3. The van der Waals surface area contributed by atoms with E-state index in [4.69, 9.17) is 18.9 Å². The van der Waals surface area contributed by atoms with Gasteiger partial charge in [-0.05, 0) is 6.92 Å². The van der Waals surface area contributed by atoms with Crippen LogP contribution in [-0.2, 0) is 9.53 Å². The van der Waals surface area contributed by atoms with E-state index in [0.717, 1.165) is 0 Å². The molecule has 0 saturated heterocycles. The molecule has 1 fully saturated rings. The van der Waals surface area contributed by atoms with Crippen molar-refractivity contribution in [2.45, 2.75) is 25.6 Å². The van der Waals surface area contributed by atoms with E-state index in [9.17, 15) is 4.79 Å². The van der Waals surface area contributed by atoms with Gasteiger partial charge in [-0.1, -0.05) is 0 Å². The molecule has 104 valence electrons. The Kier molecular flexibility index (Phi) is 4.27. The SMILES string of the molecule is CCOC1C(=O)CC1Oc1cc(OC)cc(OC)c1. The van der Waals surface area contributed by atoms with Gasteiger partial charge < -0.3 is 18.9 Å². The molecule has 0 radical (unpaired) electrons. The van der Waals surface area contributed by atoms with E-state index in [1.54, 1.807) is 32.4 Å². The molecule has 0 bridgehead atoms. The van der Waals surface area contributed by atoms with Crippen LogP contribution in [0.15, 0.2) is 18.2 Å². The second kappa shape index (κ2) is 5.93. The highest BCUT2D eigenvalue weighted by Crippen LogP contribution is 2.31. The topological polar surface area (TPSA) is 54.0 Å². The highest BCUT2D eigenvalue weighted by molar-refractivity contribution is 5.90. The van der Waals surface area contributed by atoms with Gasteiger partial charge in [-0.25, -0.2) is 0 Å². The van der Waals surface area contributed by atoms with Crippen LogP contribution in [0.2, 0.25) is 0 Å². The van der Waals surface area contributed by atoms with Crippen LogP contribution in [0.5, 0.6) is 17.2 Å². The van der Waals surface area contributed by atoms with E-state index < -0.39 is 6.10 Å². The number of ketones is 1. The number of hydrogen-bond acceptors (Lipinski definition) is 5. The van der Waals surface area contributed by atoms with Crippen molar-refractivity contribution in [2.75, 3.05) is 20.8 Å². The fourth-order valence-corrected chi connectivity index (χ4v) is 1.98. The lowest BCUT2D eigenvalue weighted by Crippen LogP contribution is -2.52. The van der Waals surface area contributed by atoms with Gasteiger partial charge in [0, 0.05) is 31.2 Å². The predicted molar refractivity (Wildman–Crippen MR) is 69.0 cm³/mol. The minimum atomic E-state index is -0.456. The maximum Gasteiger partial charge on any atom is 0.169 e. The van der Waals surface area contributed by atoms with Crippen LogP contribution in [0.1, 0.15) is 13.3 Å². The van der Waals surface area contributed by atoms with Crippen molar-refractivity contribution in [3.05, 3.63) is 18.2 Å². The molecular weight excluding hydrogens is 248 g/mol. The van der Waals surface area contributed by atoms with Crippen molar-refractivity contribution in [1.82, 2.24) is 0 Å². The molecule has 0 aromatic heterocycles. The number of methoxy groups -OCH3 is 2. The summed E-state index contributed by atoms with van der Waals surface area (Å²) >= 11 is 0. The summed E-state index contributed by atoms with van der Waals surface area (Å²) in [4.78, 5) is 11.4.